The fourth-order valence-corrected chi connectivity index (χ4v) is 1.52. The lowest BCUT2D eigenvalue weighted by atomic mass is 10.2. The Bertz CT molecular complexity index is 448. The summed E-state index contributed by atoms with van der Waals surface area (Å²) in [6.07, 6.45) is 2.20. The van der Waals surface area contributed by atoms with E-state index in [0.29, 0.717) is 0 Å². The highest BCUT2D eigenvalue weighted by atomic mass is 16.5. The Hall–Kier alpha value is -1.64. The quantitative estimate of drug-likeness (QED) is 0.753. The van der Waals surface area contributed by atoms with Gasteiger partial charge in [-0.15, -0.1) is 0 Å². The normalized spacial score (nSPS) is 10.7. The number of hydrogen-bond donors (Lipinski definition) is 2. The van der Waals surface area contributed by atoms with E-state index in [-0.39, 0.29) is 5.88 Å². The molecule has 2 N–H and O–H groups in total. The number of nitrogens with one attached hydrogen (secondary N) is 1. The SMILES string of the molecule is CCCCOc1ccc2[nH]c(O)cc2c1. The second-order valence-corrected chi connectivity index (χ2v) is 3.61. The van der Waals surface area contributed by atoms with Gasteiger partial charge in [-0.3, -0.25) is 0 Å². The lowest BCUT2D eigenvalue weighted by Gasteiger charge is -2.04. The number of aromatic hydroxyl groups is 1. The van der Waals surface area contributed by atoms with Gasteiger partial charge >= 0.3 is 0 Å². The van der Waals surface area contributed by atoms with Crippen LogP contribution >= 0.6 is 0 Å². The van der Waals surface area contributed by atoms with Crippen molar-refractivity contribution in [2.24, 2.45) is 0 Å². The maximum Gasteiger partial charge on any atom is 0.189 e. The lowest BCUT2D eigenvalue weighted by Crippen LogP contribution is -1.95. The molecule has 2 aromatic rings. The van der Waals surface area contributed by atoms with Crippen molar-refractivity contribution < 1.29 is 9.84 Å². The Morgan fingerprint density at radius 1 is 1.33 bits per heavy atom. The van der Waals surface area contributed by atoms with Crippen LogP contribution in [-0.2, 0) is 0 Å². The summed E-state index contributed by atoms with van der Waals surface area (Å²) >= 11 is 0. The molecule has 0 aliphatic heterocycles. The van der Waals surface area contributed by atoms with E-state index in [4.69, 9.17) is 4.74 Å². The van der Waals surface area contributed by atoms with Crippen LogP contribution in [0.15, 0.2) is 24.3 Å². The van der Waals surface area contributed by atoms with Gasteiger partial charge in [-0.1, -0.05) is 13.3 Å². The van der Waals surface area contributed by atoms with Gasteiger partial charge in [-0.2, -0.15) is 0 Å². The van der Waals surface area contributed by atoms with Gasteiger partial charge in [0.2, 0.25) is 0 Å². The van der Waals surface area contributed by atoms with E-state index in [1.165, 1.54) is 0 Å². The smallest absolute Gasteiger partial charge is 0.189 e. The van der Waals surface area contributed by atoms with Crippen molar-refractivity contribution in [3.05, 3.63) is 24.3 Å². The summed E-state index contributed by atoms with van der Waals surface area (Å²) in [5.74, 6) is 1.05. The minimum Gasteiger partial charge on any atom is -0.495 e. The number of H-pyrrole nitrogens is 1. The summed E-state index contributed by atoms with van der Waals surface area (Å²) in [6, 6.07) is 7.45. The molecule has 0 atom stereocenters. The van der Waals surface area contributed by atoms with E-state index in [1.54, 1.807) is 6.07 Å². The number of ether oxygens (including phenoxy) is 1. The molecule has 3 heteroatoms. The minimum absolute atomic E-state index is 0.190. The molecule has 0 amide bonds. The van der Waals surface area contributed by atoms with Crippen LogP contribution in [0.3, 0.4) is 0 Å². The summed E-state index contributed by atoms with van der Waals surface area (Å²) in [5.41, 5.74) is 0.926. The zero-order valence-corrected chi connectivity index (χ0v) is 8.79. The number of benzene rings is 1. The molecule has 1 aromatic carbocycles. The number of hydrogen-bond acceptors (Lipinski definition) is 2. The molecule has 0 saturated heterocycles. The molecule has 0 saturated carbocycles. The van der Waals surface area contributed by atoms with Gasteiger partial charge in [0.05, 0.1) is 6.61 Å². The zero-order chi connectivity index (χ0) is 10.7. The average molecular weight is 205 g/mol. The average Bonchev–Trinajstić information content (AvgIpc) is 2.57. The van der Waals surface area contributed by atoms with Crippen LogP contribution in [0.2, 0.25) is 0 Å². The molecule has 0 aliphatic rings. The predicted octanol–water partition coefficient (Wildman–Crippen LogP) is 3.05. The molecule has 15 heavy (non-hydrogen) atoms. The van der Waals surface area contributed by atoms with Gasteiger partial charge < -0.3 is 14.8 Å². The van der Waals surface area contributed by atoms with Crippen LogP contribution in [0.1, 0.15) is 19.8 Å². The molecule has 1 heterocycles. The first kappa shape index (κ1) is 9.90. The Morgan fingerprint density at radius 3 is 3.00 bits per heavy atom. The van der Waals surface area contributed by atoms with Crippen molar-refractivity contribution in [3.8, 4) is 11.6 Å². The fraction of sp³-hybridized carbons (Fsp3) is 0.333. The molecular formula is C12H15NO2. The Labute approximate surface area is 88.7 Å². The van der Waals surface area contributed by atoms with Crippen LogP contribution in [0, 0.1) is 0 Å². The first-order chi connectivity index (χ1) is 7.29. The fourth-order valence-electron chi connectivity index (χ4n) is 1.52. The third-order valence-electron chi connectivity index (χ3n) is 2.34. The number of aromatic nitrogens is 1. The first-order valence-corrected chi connectivity index (χ1v) is 5.24. The zero-order valence-electron chi connectivity index (χ0n) is 8.79. The third-order valence-corrected chi connectivity index (χ3v) is 2.34. The molecule has 0 bridgehead atoms. The number of fused-ring (bicyclic) bond motifs is 1. The maximum absolute atomic E-state index is 9.26. The number of aromatic amines is 1. The predicted molar refractivity (Wildman–Crippen MR) is 60.4 cm³/mol. The molecule has 80 valence electrons. The number of unbranched alkanes of at least 4 members (excludes halogenated alkanes) is 1. The van der Waals surface area contributed by atoms with E-state index in [0.717, 1.165) is 36.1 Å². The minimum atomic E-state index is 0.190. The largest absolute Gasteiger partial charge is 0.495 e. The van der Waals surface area contributed by atoms with E-state index >= 15 is 0 Å². The monoisotopic (exact) mass is 205 g/mol. The molecule has 1 aromatic heterocycles. The van der Waals surface area contributed by atoms with Gasteiger partial charge in [0.25, 0.3) is 0 Å². The summed E-state index contributed by atoms with van der Waals surface area (Å²) in [6.45, 7) is 2.88. The Balaban J connectivity index is 2.15. The summed E-state index contributed by atoms with van der Waals surface area (Å²) in [5, 5.41) is 10.2. The molecule has 0 unspecified atom stereocenters. The van der Waals surface area contributed by atoms with E-state index in [9.17, 15) is 5.11 Å². The highest BCUT2D eigenvalue weighted by Crippen LogP contribution is 2.24. The van der Waals surface area contributed by atoms with Gasteiger partial charge in [-0.05, 0) is 24.6 Å². The van der Waals surface area contributed by atoms with E-state index < -0.39 is 0 Å². The standard InChI is InChI=1S/C12H15NO2/c1-2-3-6-15-10-4-5-11-9(7-10)8-12(14)13-11/h4-5,7-8,13-14H,2-3,6H2,1H3. The Kier molecular flexibility index (Phi) is 2.81. The highest BCUT2D eigenvalue weighted by Gasteiger charge is 2.00. The molecular weight excluding hydrogens is 190 g/mol. The molecule has 0 spiro atoms. The Morgan fingerprint density at radius 2 is 2.20 bits per heavy atom. The van der Waals surface area contributed by atoms with Gasteiger partial charge in [0, 0.05) is 17.0 Å². The van der Waals surface area contributed by atoms with Gasteiger partial charge in [-0.25, -0.2) is 0 Å². The van der Waals surface area contributed by atoms with Crippen LogP contribution < -0.4 is 4.74 Å². The van der Waals surface area contributed by atoms with Crippen LogP contribution in [0.4, 0.5) is 0 Å². The second-order valence-electron chi connectivity index (χ2n) is 3.61. The van der Waals surface area contributed by atoms with Crippen LogP contribution in [-0.4, -0.2) is 16.7 Å². The van der Waals surface area contributed by atoms with Crippen molar-refractivity contribution in [2.75, 3.05) is 6.61 Å². The molecule has 0 aliphatic carbocycles. The van der Waals surface area contributed by atoms with Crippen LogP contribution in [0.5, 0.6) is 11.6 Å². The van der Waals surface area contributed by atoms with Crippen LogP contribution in [0.25, 0.3) is 10.9 Å². The summed E-state index contributed by atoms with van der Waals surface area (Å²) in [7, 11) is 0. The van der Waals surface area contributed by atoms with Crippen molar-refractivity contribution in [1.29, 1.82) is 0 Å². The summed E-state index contributed by atoms with van der Waals surface area (Å²) in [4.78, 5) is 2.85. The van der Waals surface area contributed by atoms with Crippen molar-refractivity contribution >= 4 is 10.9 Å². The third kappa shape index (κ3) is 2.24. The topological polar surface area (TPSA) is 45.2 Å². The lowest BCUT2D eigenvalue weighted by molar-refractivity contribution is 0.310. The molecule has 0 radical (unpaired) electrons. The van der Waals surface area contributed by atoms with Crippen molar-refractivity contribution in [3.63, 3.8) is 0 Å². The first-order valence-electron chi connectivity index (χ1n) is 5.24. The molecule has 0 fully saturated rings. The van der Waals surface area contributed by atoms with Gasteiger partial charge in [0.15, 0.2) is 5.88 Å². The highest BCUT2D eigenvalue weighted by molar-refractivity contribution is 5.82. The second kappa shape index (κ2) is 4.26. The maximum atomic E-state index is 9.26. The van der Waals surface area contributed by atoms with Gasteiger partial charge in [0.1, 0.15) is 5.75 Å². The van der Waals surface area contributed by atoms with Crippen molar-refractivity contribution in [1.82, 2.24) is 4.98 Å². The molecule has 2 rings (SSSR count). The molecule has 3 nitrogen and oxygen atoms in total. The van der Waals surface area contributed by atoms with E-state index in [2.05, 4.69) is 11.9 Å². The number of rotatable bonds is 4. The van der Waals surface area contributed by atoms with Crippen molar-refractivity contribution in [2.45, 2.75) is 19.8 Å². The van der Waals surface area contributed by atoms with E-state index in [1.807, 2.05) is 18.2 Å². The summed E-state index contributed by atoms with van der Waals surface area (Å²) < 4.78 is 5.57.